The van der Waals surface area contributed by atoms with Gasteiger partial charge in [0.25, 0.3) is 0 Å². The first-order valence-electron chi connectivity index (χ1n) is 5.82. The van der Waals surface area contributed by atoms with E-state index in [0.29, 0.717) is 6.54 Å². The van der Waals surface area contributed by atoms with Crippen LogP contribution < -0.4 is 5.32 Å². The van der Waals surface area contributed by atoms with Crippen LogP contribution in [0.4, 0.5) is 0 Å². The van der Waals surface area contributed by atoms with Crippen molar-refractivity contribution in [2.24, 2.45) is 0 Å². The summed E-state index contributed by atoms with van der Waals surface area (Å²) in [5.41, 5.74) is 3.86. The average Bonchev–Trinajstić information content (AvgIpc) is 2.25. The Bertz CT molecular complexity index is 407. The molecule has 94 valence electrons. The lowest BCUT2D eigenvalue weighted by Crippen LogP contribution is -2.24. The lowest BCUT2D eigenvalue weighted by atomic mass is 9.85. The maximum absolute atomic E-state index is 11.1. The fourth-order valence-corrected chi connectivity index (χ4v) is 1.72. The number of aryl methyl sites for hydroxylation is 1. The molecule has 1 N–H and O–H groups in total. The smallest absolute Gasteiger partial charge is 0.229 e. The second-order valence-corrected chi connectivity index (χ2v) is 5.64. The fourth-order valence-electron chi connectivity index (χ4n) is 1.61. The molecule has 0 bridgehead atoms. The molecule has 0 heterocycles. The normalized spacial score (nSPS) is 11.4. The summed E-state index contributed by atoms with van der Waals surface area (Å²) in [5, 5.41) is 2.83. The van der Waals surface area contributed by atoms with E-state index in [1.54, 1.807) is 0 Å². The highest BCUT2D eigenvalue weighted by Gasteiger charge is 2.14. The van der Waals surface area contributed by atoms with Gasteiger partial charge in [0.2, 0.25) is 5.91 Å². The van der Waals surface area contributed by atoms with E-state index in [1.165, 1.54) is 11.1 Å². The molecule has 17 heavy (non-hydrogen) atoms. The van der Waals surface area contributed by atoms with Crippen LogP contribution >= 0.6 is 12.6 Å². The zero-order valence-corrected chi connectivity index (χ0v) is 11.9. The van der Waals surface area contributed by atoms with E-state index in [1.807, 2.05) is 0 Å². The van der Waals surface area contributed by atoms with Crippen LogP contribution in [-0.4, -0.2) is 11.7 Å². The largest absolute Gasteiger partial charge is 0.351 e. The van der Waals surface area contributed by atoms with Gasteiger partial charge in [-0.2, -0.15) is 12.6 Å². The summed E-state index contributed by atoms with van der Waals surface area (Å²) in [6.07, 6.45) is 0. The molecule has 0 radical (unpaired) electrons. The Kier molecular flexibility index (Phi) is 4.63. The van der Waals surface area contributed by atoms with Gasteiger partial charge in [-0.25, -0.2) is 0 Å². The molecule has 3 heteroatoms. The Hall–Kier alpha value is -0.960. The summed E-state index contributed by atoms with van der Waals surface area (Å²) in [5.74, 6) is 0.201. The van der Waals surface area contributed by atoms with Gasteiger partial charge in [0.1, 0.15) is 0 Å². The van der Waals surface area contributed by atoms with Crippen LogP contribution in [0.3, 0.4) is 0 Å². The Labute approximate surface area is 109 Å². The highest BCUT2D eigenvalue weighted by molar-refractivity contribution is 7.81. The van der Waals surface area contributed by atoms with Crippen LogP contribution in [0.5, 0.6) is 0 Å². The van der Waals surface area contributed by atoms with Gasteiger partial charge >= 0.3 is 0 Å². The van der Waals surface area contributed by atoms with Gasteiger partial charge in [0, 0.05) is 6.54 Å². The van der Waals surface area contributed by atoms with Gasteiger partial charge in [-0.15, -0.1) is 0 Å². The second-order valence-electron chi connectivity index (χ2n) is 5.33. The molecule has 1 rings (SSSR count). The van der Waals surface area contributed by atoms with Crippen molar-refractivity contribution in [3.8, 4) is 0 Å². The van der Waals surface area contributed by atoms with Crippen molar-refractivity contribution in [2.75, 3.05) is 5.75 Å². The Balaban J connectivity index is 2.80. The monoisotopic (exact) mass is 251 g/mol. The van der Waals surface area contributed by atoms with Crippen LogP contribution in [-0.2, 0) is 16.8 Å². The molecule has 0 aliphatic rings. The molecule has 1 aromatic carbocycles. The number of nitrogens with one attached hydrogen (secondary N) is 1. The third-order valence-corrected chi connectivity index (χ3v) is 3.12. The van der Waals surface area contributed by atoms with E-state index < -0.39 is 0 Å². The van der Waals surface area contributed by atoms with Gasteiger partial charge in [0.05, 0.1) is 5.75 Å². The molecule has 0 aromatic heterocycles. The highest BCUT2D eigenvalue weighted by atomic mass is 32.1. The van der Waals surface area contributed by atoms with E-state index in [0.717, 1.165) is 5.56 Å². The highest BCUT2D eigenvalue weighted by Crippen LogP contribution is 2.24. The second kappa shape index (κ2) is 5.58. The maximum Gasteiger partial charge on any atom is 0.229 e. The first-order valence-corrected chi connectivity index (χ1v) is 6.45. The maximum atomic E-state index is 11.1. The third kappa shape index (κ3) is 4.08. The number of carbonyl (C=O) groups is 1. The van der Waals surface area contributed by atoms with Crippen LogP contribution in [0.15, 0.2) is 18.2 Å². The molecule has 0 unspecified atom stereocenters. The number of thiol groups is 1. The number of carbonyl (C=O) groups excluding carboxylic acids is 1. The first kappa shape index (κ1) is 14.1. The quantitative estimate of drug-likeness (QED) is 0.795. The molecule has 0 atom stereocenters. The Morgan fingerprint density at radius 2 is 2.00 bits per heavy atom. The number of amides is 1. The first-order chi connectivity index (χ1) is 7.84. The van der Waals surface area contributed by atoms with Crippen molar-refractivity contribution in [1.29, 1.82) is 0 Å². The molecule has 0 saturated heterocycles. The lowest BCUT2D eigenvalue weighted by Gasteiger charge is -2.20. The van der Waals surface area contributed by atoms with Gasteiger partial charge in [-0.3, -0.25) is 4.79 Å². The van der Waals surface area contributed by atoms with Crippen molar-refractivity contribution in [2.45, 2.75) is 39.7 Å². The third-order valence-electron chi connectivity index (χ3n) is 2.83. The number of hydrogen-bond donors (Lipinski definition) is 2. The zero-order valence-electron chi connectivity index (χ0n) is 11.0. The topological polar surface area (TPSA) is 29.1 Å². The number of rotatable bonds is 3. The molecule has 1 amide bonds. The van der Waals surface area contributed by atoms with Crippen molar-refractivity contribution >= 4 is 18.5 Å². The SMILES string of the molecule is Cc1cc(C(C)(C)C)ccc1CNC(=O)CS. The van der Waals surface area contributed by atoms with Gasteiger partial charge in [0.15, 0.2) is 0 Å². The predicted molar refractivity (Wildman–Crippen MR) is 75.6 cm³/mol. The van der Waals surface area contributed by atoms with Gasteiger partial charge < -0.3 is 5.32 Å². The molecule has 2 nitrogen and oxygen atoms in total. The van der Waals surface area contributed by atoms with Crippen LogP contribution in [0.2, 0.25) is 0 Å². The van der Waals surface area contributed by atoms with Gasteiger partial charge in [-0.05, 0) is 29.0 Å². The lowest BCUT2D eigenvalue weighted by molar-refractivity contribution is -0.118. The summed E-state index contributed by atoms with van der Waals surface area (Å²) in [4.78, 5) is 11.1. The average molecular weight is 251 g/mol. The molecule has 0 aliphatic heterocycles. The van der Waals surface area contributed by atoms with E-state index in [-0.39, 0.29) is 17.1 Å². The van der Waals surface area contributed by atoms with Crippen molar-refractivity contribution < 1.29 is 4.79 Å². The molecule has 0 aliphatic carbocycles. The van der Waals surface area contributed by atoms with Crippen molar-refractivity contribution in [3.63, 3.8) is 0 Å². The summed E-state index contributed by atoms with van der Waals surface area (Å²) in [7, 11) is 0. The molecule has 0 saturated carbocycles. The van der Waals surface area contributed by atoms with E-state index in [9.17, 15) is 4.79 Å². The molecule has 0 fully saturated rings. The standard InChI is InChI=1S/C14H21NOS/c1-10-7-12(14(2,3)4)6-5-11(10)8-15-13(16)9-17/h5-7,17H,8-9H2,1-4H3,(H,15,16). The van der Waals surface area contributed by atoms with Crippen molar-refractivity contribution in [3.05, 3.63) is 34.9 Å². The van der Waals surface area contributed by atoms with Crippen LogP contribution in [0.1, 0.15) is 37.5 Å². The molecule has 1 aromatic rings. The minimum atomic E-state index is -0.0346. The zero-order chi connectivity index (χ0) is 13.1. The summed E-state index contributed by atoms with van der Waals surface area (Å²) in [6.45, 7) is 9.26. The van der Waals surface area contributed by atoms with E-state index >= 15 is 0 Å². The molecular weight excluding hydrogens is 230 g/mol. The minimum absolute atomic E-state index is 0.0346. The predicted octanol–water partition coefficient (Wildman–Crippen LogP) is 2.84. The summed E-state index contributed by atoms with van der Waals surface area (Å²) >= 11 is 3.93. The molecule has 0 spiro atoms. The van der Waals surface area contributed by atoms with Gasteiger partial charge in [-0.1, -0.05) is 39.0 Å². The van der Waals surface area contributed by atoms with Crippen molar-refractivity contribution in [1.82, 2.24) is 5.32 Å². The minimum Gasteiger partial charge on any atom is -0.351 e. The molecular formula is C14H21NOS. The van der Waals surface area contributed by atoms with E-state index in [2.05, 4.69) is 63.8 Å². The van der Waals surface area contributed by atoms with Crippen LogP contribution in [0, 0.1) is 6.92 Å². The fraction of sp³-hybridized carbons (Fsp3) is 0.500. The van der Waals surface area contributed by atoms with E-state index in [4.69, 9.17) is 0 Å². The number of hydrogen-bond acceptors (Lipinski definition) is 2. The Morgan fingerprint density at radius 1 is 1.35 bits per heavy atom. The Morgan fingerprint density at radius 3 is 2.47 bits per heavy atom. The van der Waals surface area contributed by atoms with Crippen LogP contribution in [0.25, 0.3) is 0 Å². The summed E-state index contributed by atoms with van der Waals surface area (Å²) in [6, 6.07) is 6.42. The number of benzene rings is 1. The summed E-state index contributed by atoms with van der Waals surface area (Å²) < 4.78 is 0.